The Morgan fingerprint density at radius 2 is 2.15 bits per heavy atom. The van der Waals surface area contributed by atoms with Crippen molar-refractivity contribution in [1.82, 2.24) is 4.98 Å². The van der Waals surface area contributed by atoms with Crippen LogP contribution < -0.4 is 0 Å². The van der Waals surface area contributed by atoms with Gasteiger partial charge in [0.25, 0.3) is 0 Å². The van der Waals surface area contributed by atoms with Gasteiger partial charge in [-0.2, -0.15) is 0 Å². The minimum absolute atomic E-state index is 0.305. The SMILES string of the molecule is O=C(O)c1ccc2[nH]c(Br)cc2c1. The van der Waals surface area contributed by atoms with E-state index in [0.717, 1.165) is 15.5 Å². The van der Waals surface area contributed by atoms with Gasteiger partial charge in [0.05, 0.1) is 10.2 Å². The van der Waals surface area contributed by atoms with E-state index in [1.807, 2.05) is 6.07 Å². The zero-order chi connectivity index (χ0) is 9.42. The number of H-pyrrole nitrogens is 1. The first kappa shape index (κ1) is 8.31. The van der Waals surface area contributed by atoms with Gasteiger partial charge in [-0.1, -0.05) is 0 Å². The number of halogens is 1. The van der Waals surface area contributed by atoms with E-state index in [2.05, 4.69) is 20.9 Å². The summed E-state index contributed by atoms with van der Waals surface area (Å²) >= 11 is 3.28. The molecule has 4 heteroatoms. The van der Waals surface area contributed by atoms with E-state index in [1.54, 1.807) is 18.2 Å². The van der Waals surface area contributed by atoms with Crippen molar-refractivity contribution in [3.05, 3.63) is 34.4 Å². The summed E-state index contributed by atoms with van der Waals surface area (Å²) in [6.45, 7) is 0. The summed E-state index contributed by atoms with van der Waals surface area (Å²) in [4.78, 5) is 13.7. The van der Waals surface area contributed by atoms with E-state index in [4.69, 9.17) is 5.11 Å². The summed E-state index contributed by atoms with van der Waals surface area (Å²) < 4.78 is 0.852. The molecule has 0 radical (unpaired) electrons. The second-order valence-corrected chi connectivity index (χ2v) is 3.58. The van der Waals surface area contributed by atoms with Crippen LogP contribution >= 0.6 is 15.9 Å². The van der Waals surface area contributed by atoms with Crippen molar-refractivity contribution in [2.75, 3.05) is 0 Å². The van der Waals surface area contributed by atoms with Gasteiger partial charge in [0.15, 0.2) is 0 Å². The number of aromatic nitrogens is 1. The Bertz CT molecular complexity index is 475. The van der Waals surface area contributed by atoms with Crippen LogP contribution in [0.4, 0.5) is 0 Å². The quantitative estimate of drug-likeness (QED) is 0.804. The number of benzene rings is 1. The van der Waals surface area contributed by atoms with Crippen LogP contribution in [-0.2, 0) is 0 Å². The van der Waals surface area contributed by atoms with Crippen molar-refractivity contribution < 1.29 is 9.90 Å². The molecule has 0 amide bonds. The molecule has 3 nitrogen and oxygen atoms in total. The third kappa shape index (κ3) is 1.45. The number of rotatable bonds is 1. The maximum Gasteiger partial charge on any atom is 0.335 e. The molecule has 0 aliphatic carbocycles. The lowest BCUT2D eigenvalue weighted by atomic mass is 10.1. The zero-order valence-electron chi connectivity index (χ0n) is 6.54. The minimum Gasteiger partial charge on any atom is -0.478 e. The van der Waals surface area contributed by atoms with Crippen LogP contribution in [0, 0.1) is 0 Å². The molecule has 0 bridgehead atoms. The predicted molar refractivity (Wildman–Crippen MR) is 53.0 cm³/mol. The van der Waals surface area contributed by atoms with Gasteiger partial charge >= 0.3 is 5.97 Å². The molecule has 1 aromatic heterocycles. The number of aromatic amines is 1. The number of fused-ring (bicyclic) bond motifs is 1. The number of hydrogen-bond acceptors (Lipinski definition) is 1. The third-order valence-electron chi connectivity index (χ3n) is 1.83. The maximum absolute atomic E-state index is 10.6. The zero-order valence-corrected chi connectivity index (χ0v) is 8.13. The first-order valence-corrected chi connectivity index (χ1v) is 4.48. The van der Waals surface area contributed by atoms with Crippen molar-refractivity contribution >= 4 is 32.8 Å². The highest BCUT2D eigenvalue weighted by atomic mass is 79.9. The lowest BCUT2D eigenvalue weighted by Gasteiger charge is -1.93. The Morgan fingerprint density at radius 1 is 1.38 bits per heavy atom. The number of carbonyl (C=O) groups is 1. The average Bonchev–Trinajstić information content (AvgIpc) is 2.42. The summed E-state index contributed by atoms with van der Waals surface area (Å²) in [7, 11) is 0. The maximum atomic E-state index is 10.6. The molecule has 0 atom stereocenters. The Labute approximate surface area is 82.5 Å². The van der Waals surface area contributed by atoms with Crippen LogP contribution in [0.1, 0.15) is 10.4 Å². The van der Waals surface area contributed by atoms with Gasteiger partial charge in [0.1, 0.15) is 0 Å². The number of carboxylic acid groups (broad SMARTS) is 1. The fourth-order valence-electron chi connectivity index (χ4n) is 1.23. The van der Waals surface area contributed by atoms with E-state index in [0.29, 0.717) is 5.56 Å². The standard InChI is InChI=1S/C9H6BrNO2/c10-8-4-6-3-5(9(12)13)1-2-7(6)11-8/h1-4,11H,(H,12,13). The van der Waals surface area contributed by atoms with Crippen LogP contribution in [-0.4, -0.2) is 16.1 Å². The van der Waals surface area contributed by atoms with Gasteiger partial charge in [-0.05, 0) is 40.2 Å². The second-order valence-electron chi connectivity index (χ2n) is 2.72. The highest BCUT2D eigenvalue weighted by Gasteiger charge is 2.04. The number of nitrogens with one attached hydrogen (secondary N) is 1. The van der Waals surface area contributed by atoms with Gasteiger partial charge in [0.2, 0.25) is 0 Å². The van der Waals surface area contributed by atoms with E-state index in [9.17, 15) is 4.79 Å². The molecule has 0 fully saturated rings. The van der Waals surface area contributed by atoms with Crippen molar-refractivity contribution in [3.8, 4) is 0 Å². The van der Waals surface area contributed by atoms with Crippen LogP contribution in [0.25, 0.3) is 10.9 Å². The Kier molecular flexibility index (Phi) is 1.84. The molecular formula is C9H6BrNO2. The molecule has 1 aromatic carbocycles. The van der Waals surface area contributed by atoms with Gasteiger partial charge in [-0.3, -0.25) is 0 Å². The Hall–Kier alpha value is -1.29. The fraction of sp³-hybridized carbons (Fsp3) is 0. The summed E-state index contributed by atoms with van der Waals surface area (Å²) in [5.74, 6) is -0.903. The van der Waals surface area contributed by atoms with E-state index < -0.39 is 5.97 Å². The average molecular weight is 240 g/mol. The highest BCUT2D eigenvalue weighted by molar-refractivity contribution is 9.10. The van der Waals surface area contributed by atoms with Gasteiger partial charge < -0.3 is 10.1 Å². The van der Waals surface area contributed by atoms with Crippen LogP contribution in [0.5, 0.6) is 0 Å². The van der Waals surface area contributed by atoms with Crippen molar-refractivity contribution in [2.45, 2.75) is 0 Å². The first-order chi connectivity index (χ1) is 6.16. The molecule has 0 saturated heterocycles. The monoisotopic (exact) mass is 239 g/mol. The summed E-state index contributed by atoms with van der Waals surface area (Å²) in [5, 5.41) is 9.62. The highest BCUT2D eigenvalue weighted by Crippen LogP contribution is 2.20. The van der Waals surface area contributed by atoms with Gasteiger partial charge in [0, 0.05) is 10.9 Å². The van der Waals surface area contributed by atoms with E-state index >= 15 is 0 Å². The van der Waals surface area contributed by atoms with E-state index in [1.165, 1.54) is 0 Å². The molecule has 0 spiro atoms. The summed E-state index contributed by atoms with van der Waals surface area (Å²) in [5.41, 5.74) is 1.23. The molecule has 66 valence electrons. The smallest absolute Gasteiger partial charge is 0.335 e. The molecular weight excluding hydrogens is 234 g/mol. The molecule has 1 heterocycles. The molecule has 2 rings (SSSR count). The molecule has 0 aliphatic heterocycles. The molecule has 2 aromatic rings. The van der Waals surface area contributed by atoms with Crippen molar-refractivity contribution in [1.29, 1.82) is 0 Å². The Morgan fingerprint density at radius 3 is 2.85 bits per heavy atom. The van der Waals surface area contributed by atoms with Gasteiger partial charge in [-0.15, -0.1) is 0 Å². The third-order valence-corrected chi connectivity index (χ3v) is 2.26. The number of aromatic carboxylic acids is 1. The molecule has 2 N–H and O–H groups in total. The summed E-state index contributed by atoms with van der Waals surface area (Å²) in [6.07, 6.45) is 0. The van der Waals surface area contributed by atoms with E-state index in [-0.39, 0.29) is 0 Å². The normalized spacial score (nSPS) is 10.5. The van der Waals surface area contributed by atoms with Crippen LogP contribution in [0.3, 0.4) is 0 Å². The first-order valence-electron chi connectivity index (χ1n) is 3.68. The largest absolute Gasteiger partial charge is 0.478 e. The molecule has 0 unspecified atom stereocenters. The van der Waals surface area contributed by atoms with Crippen LogP contribution in [0.15, 0.2) is 28.9 Å². The van der Waals surface area contributed by atoms with Crippen molar-refractivity contribution in [2.24, 2.45) is 0 Å². The topological polar surface area (TPSA) is 53.1 Å². The lowest BCUT2D eigenvalue weighted by Crippen LogP contribution is -1.94. The van der Waals surface area contributed by atoms with Gasteiger partial charge in [-0.25, -0.2) is 4.79 Å². The minimum atomic E-state index is -0.903. The fourth-order valence-corrected chi connectivity index (χ4v) is 1.69. The van der Waals surface area contributed by atoms with Crippen LogP contribution in [0.2, 0.25) is 0 Å². The Balaban J connectivity index is 2.67. The molecule has 0 saturated carbocycles. The molecule has 13 heavy (non-hydrogen) atoms. The molecule has 0 aliphatic rings. The summed E-state index contributed by atoms with van der Waals surface area (Å²) in [6, 6.07) is 6.82. The predicted octanol–water partition coefficient (Wildman–Crippen LogP) is 2.63. The second kappa shape index (κ2) is 2.88. The lowest BCUT2D eigenvalue weighted by molar-refractivity contribution is 0.0697. The number of hydrogen-bond donors (Lipinski definition) is 2. The van der Waals surface area contributed by atoms with Crippen molar-refractivity contribution in [3.63, 3.8) is 0 Å². The number of carboxylic acids is 1.